The van der Waals surface area contributed by atoms with Gasteiger partial charge in [0.2, 0.25) is 10.0 Å². The van der Waals surface area contributed by atoms with Gasteiger partial charge < -0.3 is 4.74 Å². The highest BCUT2D eigenvalue weighted by molar-refractivity contribution is 7.89. The molecule has 21 heavy (non-hydrogen) atoms. The summed E-state index contributed by atoms with van der Waals surface area (Å²) >= 11 is 0. The molecular weight excluding hydrogens is 294 g/mol. The average Bonchev–Trinajstić information content (AvgIpc) is 3.03. The molecule has 0 spiro atoms. The van der Waals surface area contributed by atoms with E-state index in [0.29, 0.717) is 26.3 Å². The zero-order valence-electron chi connectivity index (χ0n) is 11.7. The second kappa shape index (κ2) is 7.51. The molecule has 0 radical (unpaired) electrons. The second-order valence-electron chi connectivity index (χ2n) is 4.70. The van der Waals surface area contributed by atoms with Crippen molar-refractivity contribution in [1.29, 1.82) is 5.26 Å². The molecule has 1 saturated heterocycles. The number of hydrogen-bond acceptors (Lipinski definition) is 6. The molecule has 0 atom stereocenters. The number of morpholine rings is 1. The van der Waals surface area contributed by atoms with Crippen LogP contribution < -0.4 is 0 Å². The molecule has 0 amide bonds. The summed E-state index contributed by atoms with van der Waals surface area (Å²) in [5.41, 5.74) is 0. The minimum Gasteiger partial charge on any atom is -0.379 e. The van der Waals surface area contributed by atoms with Crippen LogP contribution in [-0.2, 0) is 14.8 Å². The van der Waals surface area contributed by atoms with Gasteiger partial charge in [0.1, 0.15) is 4.90 Å². The zero-order valence-corrected chi connectivity index (χ0v) is 12.5. The van der Waals surface area contributed by atoms with Gasteiger partial charge in [0.15, 0.2) is 0 Å². The van der Waals surface area contributed by atoms with E-state index < -0.39 is 10.0 Å². The van der Waals surface area contributed by atoms with Crippen LogP contribution in [0.25, 0.3) is 0 Å². The summed E-state index contributed by atoms with van der Waals surface area (Å²) in [6.45, 7) is 4.13. The summed E-state index contributed by atoms with van der Waals surface area (Å²) in [6, 6.07) is 1.99. The number of hydrogen-bond donors (Lipinski definition) is 1. The van der Waals surface area contributed by atoms with Gasteiger partial charge >= 0.3 is 0 Å². The lowest BCUT2D eigenvalue weighted by Crippen LogP contribution is -2.43. The molecule has 1 aromatic rings. The fraction of sp³-hybridized carbons (Fsp3) is 0.667. The third-order valence-electron chi connectivity index (χ3n) is 3.35. The van der Waals surface area contributed by atoms with Crippen molar-refractivity contribution in [3.63, 3.8) is 0 Å². The van der Waals surface area contributed by atoms with Crippen LogP contribution >= 0.6 is 0 Å². The van der Waals surface area contributed by atoms with E-state index in [1.807, 2.05) is 6.07 Å². The number of nitrogens with zero attached hydrogens (tertiary/aromatic N) is 4. The third-order valence-corrected chi connectivity index (χ3v) is 5.22. The predicted octanol–water partition coefficient (Wildman–Crippen LogP) is -0.354. The maximum absolute atomic E-state index is 12.5. The highest BCUT2D eigenvalue weighted by Gasteiger charge is 2.25. The first-order chi connectivity index (χ1) is 10.1. The lowest BCUT2D eigenvalue weighted by Gasteiger charge is -2.29. The molecule has 1 aromatic heterocycles. The number of ether oxygens (including phenoxy) is 1. The first kappa shape index (κ1) is 15.9. The number of H-pyrrole nitrogens is 1. The van der Waals surface area contributed by atoms with Gasteiger partial charge in [-0.3, -0.25) is 10.00 Å². The molecular formula is C12H19N5O3S. The van der Waals surface area contributed by atoms with Crippen molar-refractivity contribution in [2.24, 2.45) is 0 Å². The van der Waals surface area contributed by atoms with Crippen molar-refractivity contribution in [1.82, 2.24) is 19.4 Å². The molecule has 0 unspecified atom stereocenters. The van der Waals surface area contributed by atoms with Crippen LogP contribution in [0.5, 0.6) is 0 Å². The van der Waals surface area contributed by atoms with E-state index in [1.165, 1.54) is 16.7 Å². The Labute approximate surface area is 124 Å². The maximum atomic E-state index is 12.5. The molecule has 1 fully saturated rings. The summed E-state index contributed by atoms with van der Waals surface area (Å²) in [5, 5.41) is 14.9. The van der Waals surface area contributed by atoms with Crippen molar-refractivity contribution < 1.29 is 13.2 Å². The molecule has 9 heteroatoms. The van der Waals surface area contributed by atoms with Crippen molar-refractivity contribution in [2.75, 3.05) is 45.9 Å². The largest absolute Gasteiger partial charge is 0.379 e. The van der Waals surface area contributed by atoms with E-state index in [-0.39, 0.29) is 17.9 Å². The van der Waals surface area contributed by atoms with E-state index in [4.69, 9.17) is 10.00 Å². The Hall–Kier alpha value is -1.47. The van der Waals surface area contributed by atoms with Crippen molar-refractivity contribution in [3.8, 4) is 6.07 Å². The quantitative estimate of drug-likeness (QED) is 0.738. The van der Waals surface area contributed by atoms with Gasteiger partial charge in [0.05, 0.1) is 25.5 Å². The highest BCUT2D eigenvalue weighted by atomic mass is 32.2. The normalized spacial score (nSPS) is 17.0. The lowest BCUT2D eigenvalue weighted by molar-refractivity contribution is 0.0363. The van der Waals surface area contributed by atoms with E-state index >= 15 is 0 Å². The third kappa shape index (κ3) is 4.25. The Kier molecular flexibility index (Phi) is 5.69. The van der Waals surface area contributed by atoms with Gasteiger partial charge in [-0.05, 0) is 0 Å². The fourth-order valence-electron chi connectivity index (χ4n) is 2.13. The first-order valence-corrected chi connectivity index (χ1v) is 8.24. The molecule has 0 aliphatic carbocycles. The molecule has 116 valence electrons. The monoisotopic (exact) mass is 313 g/mol. The van der Waals surface area contributed by atoms with Gasteiger partial charge in [-0.2, -0.15) is 14.7 Å². The standard InChI is InChI=1S/C12H19N5O3S/c13-2-1-3-17(5-4-16-6-8-20-9-7-16)21(18,19)12-10-14-15-11-12/h10-11H,1,3-9H2,(H,14,15). The number of aromatic nitrogens is 2. The van der Waals surface area contributed by atoms with E-state index in [9.17, 15) is 8.42 Å². The molecule has 8 nitrogen and oxygen atoms in total. The Morgan fingerprint density at radius 3 is 2.81 bits per heavy atom. The molecule has 0 aromatic carbocycles. The van der Waals surface area contributed by atoms with Crippen LogP contribution in [0.2, 0.25) is 0 Å². The topological polar surface area (TPSA) is 102 Å². The number of sulfonamides is 1. The molecule has 1 aliphatic rings. The van der Waals surface area contributed by atoms with Crippen LogP contribution in [0.3, 0.4) is 0 Å². The van der Waals surface area contributed by atoms with E-state index in [2.05, 4.69) is 15.1 Å². The van der Waals surface area contributed by atoms with Gasteiger partial charge in [0, 0.05) is 45.3 Å². The summed E-state index contributed by atoms with van der Waals surface area (Å²) in [4.78, 5) is 2.29. The summed E-state index contributed by atoms with van der Waals surface area (Å²) in [6.07, 6.45) is 2.80. The van der Waals surface area contributed by atoms with Crippen LogP contribution in [-0.4, -0.2) is 73.8 Å². The van der Waals surface area contributed by atoms with Crippen molar-refractivity contribution in [3.05, 3.63) is 12.4 Å². The number of nitrogens with one attached hydrogen (secondary N) is 1. The van der Waals surface area contributed by atoms with Crippen LogP contribution in [0, 0.1) is 11.3 Å². The first-order valence-electron chi connectivity index (χ1n) is 6.80. The summed E-state index contributed by atoms with van der Waals surface area (Å²) < 4.78 is 31.6. The summed E-state index contributed by atoms with van der Waals surface area (Å²) in [5.74, 6) is 0. The van der Waals surface area contributed by atoms with E-state index in [0.717, 1.165) is 13.1 Å². The Morgan fingerprint density at radius 2 is 2.19 bits per heavy atom. The maximum Gasteiger partial charge on any atom is 0.246 e. The Balaban J connectivity index is 2.02. The SMILES string of the molecule is N#CCCN(CCN1CCOCC1)S(=O)(=O)c1cn[nH]c1. The molecule has 0 saturated carbocycles. The summed E-state index contributed by atoms with van der Waals surface area (Å²) in [7, 11) is -3.60. The molecule has 0 bridgehead atoms. The fourth-order valence-corrected chi connectivity index (χ4v) is 3.47. The molecule has 1 aliphatic heterocycles. The van der Waals surface area contributed by atoms with Crippen molar-refractivity contribution >= 4 is 10.0 Å². The van der Waals surface area contributed by atoms with E-state index in [1.54, 1.807) is 0 Å². The lowest BCUT2D eigenvalue weighted by atomic mass is 10.4. The highest BCUT2D eigenvalue weighted by Crippen LogP contribution is 2.14. The van der Waals surface area contributed by atoms with Gasteiger partial charge in [-0.15, -0.1) is 0 Å². The Morgan fingerprint density at radius 1 is 1.43 bits per heavy atom. The number of nitriles is 1. The zero-order chi connectivity index (χ0) is 15.1. The predicted molar refractivity (Wildman–Crippen MR) is 74.8 cm³/mol. The second-order valence-corrected chi connectivity index (χ2v) is 6.64. The Bertz CT molecular complexity index is 560. The van der Waals surface area contributed by atoms with Crippen LogP contribution in [0.15, 0.2) is 17.3 Å². The smallest absolute Gasteiger partial charge is 0.246 e. The number of aromatic amines is 1. The minimum atomic E-state index is -3.60. The van der Waals surface area contributed by atoms with Gasteiger partial charge in [-0.25, -0.2) is 8.42 Å². The van der Waals surface area contributed by atoms with Crippen LogP contribution in [0.4, 0.5) is 0 Å². The van der Waals surface area contributed by atoms with Crippen molar-refractivity contribution in [2.45, 2.75) is 11.3 Å². The molecule has 1 N–H and O–H groups in total. The van der Waals surface area contributed by atoms with Crippen LogP contribution in [0.1, 0.15) is 6.42 Å². The van der Waals surface area contributed by atoms with Gasteiger partial charge in [-0.1, -0.05) is 0 Å². The number of rotatable bonds is 7. The minimum absolute atomic E-state index is 0.127. The average molecular weight is 313 g/mol. The molecule has 2 rings (SSSR count). The molecule has 2 heterocycles. The van der Waals surface area contributed by atoms with Gasteiger partial charge in [0.25, 0.3) is 0 Å².